The predicted octanol–water partition coefficient (Wildman–Crippen LogP) is 10.3. The van der Waals surface area contributed by atoms with Crippen LogP contribution in [-0.4, -0.2) is 30.1 Å². The van der Waals surface area contributed by atoms with Crippen molar-refractivity contribution in [1.82, 2.24) is 30.1 Å². The number of hydroxylamine groups is 4. The predicted molar refractivity (Wildman–Crippen MR) is 207 cm³/mol. The highest BCUT2D eigenvalue weighted by molar-refractivity contribution is 5.95. The zero-order valence-corrected chi connectivity index (χ0v) is 30.8. The second kappa shape index (κ2) is 10.7. The lowest BCUT2D eigenvalue weighted by Crippen LogP contribution is -2.41. The molecule has 2 N–H and O–H groups in total. The van der Waals surface area contributed by atoms with Crippen LogP contribution in [0.1, 0.15) is 100 Å². The van der Waals surface area contributed by atoms with Gasteiger partial charge in [-0.25, -0.2) is 9.97 Å². The van der Waals surface area contributed by atoms with Gasteiger partial charge in [-0.1, -0.05) is 24.3 Å². The molecule has 4 aliphatic rings. The van der Waals surface area contributed by atoms with Gasteiger partial charge in [-0.2, -0.15) is 0 Å². The molecule has 0 aliphatic carbocycles. The fourth-order valence-corrected chi connectivity index (χ4v) is 8.99. The van der Waals surface area contributed by atoms with E-state index in [1.807, 2.05) is 79.7 Å². The minimum absolute atomic E-state index is 0.619. The van der Waals surface area contributed by atoms with E-state index >= 15 is 0 Å². The standard InChI is InChI=1S/C44H42N6O2/c1-41(2)31-15-9-25(21-33(31)43(5,6)49(41)51)39-35-17-11-27(45-35)23-29-13-19-37(47-29)40(38-20-14-30(48-38)24-28-12-18-36(39)46-28)26-10-16-32-34(22-26)44(7,8)50(52)42(32,3)4/h9-24,45-46H,1-8H3. The van der Waals surface area contributed by atoms with E-state index < -0.39 is 22.2 Å². The van der Waals surface area contributed by atoms with Gasteiger partial charge in [-0.3, -0.25) is 0 Å². The molecule has 0 fully saturated rings. The van der Waals surface area contributed by atoms with Gasteiger partial charge in [0.1, 0.15) is 0 Å². The van der Waals surface area contributed by atoms with Crippen LogP contribution in [0, 0.1) is 0 Å². The molecule has 8 heteroatoms. The molecule has 260 valence electrons. The van der Waals surface area contributed by atoms with Crippen LogP contribution in [-0.2, 0) is 32.6 Å². The summed E-state index contributed by atoms with van der Waals surface area (Å²) in [5, 5.41) is 29.3. The number of H-pyrrole nitrogens is 2. The molecule has 9 rings (SSSR count). The van der Waals surface area contributed by atoms with Crippen LogP contribution in [0.2, 0.25) is 0 Å². The Morgan fingerprint density at radius 2 is 0.865 bits per heavy atom. The first-order valence-electron chi connectivity index (χ1n) is 17.9. The monoisotopic (exact) mass is 686 g/mol. The molecular weight excluding hydrogens is 645 g/mol. The number of benzene rings is 2. The molecule has 0 unspecified atom stereocenters. The summed E-state index contributed by atoms with van der Waals surface area (Å²) >= 11 is 0. The Balaban J connectivity index is 1.28. The summed E-state index contributed by atoms with van der Waals surface area (Å²) in [6.07, 6.45) is 8.16. The summed E-state index contributed by atoms with van der Waals surface area (Å²) in [5.41, 5.74) is 12.5. The van der Waals surface area contributed by atoms with Gasteiger partial charge in [0.25, 0.3) is 0 Å². The van der Waals surface area contributed by atoms with E-state index in [4.69, 9.17) is 9.97 Å². The van der Waals surface area contributed by atoms with Crippen molar-refractivity contribution in [2.45, 2.75) is 77.5 Å². The highest BCUT2D eigenvalue weighted by Gasteiger charge is 2.51. The largest absolute Gasteiger partial charge is 0.355 e. The third kappa shape index (κ3) is 4.61. The van der Waals surface area contributed by atoms with Gasteiger partial charge in [-0.15, -0.1) is 20.5 Å². The van der Waals surface area contributed by atoms with Crippen molar-refractivity contribution < 1.29 is 10.4 Å². The molecule has 8 bridgehead atoms. The quantitative estimate of drug-likeness (QED) is 0.189. The third-order valence-electron chi connectivity index (χ3n) is 11.7. The van der Waals surface area contributed by atoms with Crippen LogP contribution in [0.5, 0.6) is 0 Å². The molecule has 0 amide bonds. The molecule has 2 aromatic carbocycles. The van der Waals surface area contributed by atoms with Crippen molar-refractivity contribution in [3.8, 4) is 22.3 Å². The Labute approximate surface area is 303 Å². The lowest BCUT2D eigenvalue weighted by atomic mass is 9.87. The van der Waals surface area contributed by atoms with Crippen molar-refractivity contribution in [2.24, 2.45) is 0 Å². The second-order valence-corrected chi connectivity index (χ2v) is 16.5. The highest BCUT2D eigenvalue weighted by atomic mass is 16.5. The fourth-order valence-electron chi connectivity index (χ4n) is 8.99. The lowest BCUT2D eigenvalue weighted by Gasteiger charge is -2.32. The summed E-state index contributed by atoms with van der Waals surface area (Å²) < 4.78 is 0. The fraction of sp³-hybridized carbons (Fsp3) is 0.273. The number of hydrogen-bond donors (Lipinski definition) is 2. The van der Waals surface area contributed by atoms with Crippen LogP contribution < -0.4 is 0 Å². The molecule has 4 aliphatic heterocycles. The van der Waals surface area contributed by atoms with Gasteiger partial charge in [0.15, 0.2) is 0 Å². The van der Waals surface area contributed by atoms with Crippen LogP contribution in [0.25, 0.3) is 68.6 Å². The van der Waals surface area contributed by atoms with Crippen molar-refractivity contribution >= 4 is 46.4 Å². The molecule has 0 saturated heterocycles. The average Bonchev–Trinajstić information content (AvgIpc) is 3.96. The molecule has 3 aromatic heterocycles. The Morgan fingerprint density at radius 3 is 1.31 bits per heavy atom. The summed E-state index contributed by atoms with van der Waals surface area (Å²) in [6.45, 7) is 16.0. The lowest BCUT2D eigenvalue weighted by molar-refractivity contribution is -0.266. The summed E-state index contributed by atoms with van der Waals surface area (Å²) in [4.78, 5) is 17.6. The Hall–Kier alpha value is -5.12. The number of hydrogen-bond acceptors (Lipinski definition) is 4. The van der Waals surface area contributed by atoms with Crippen LogP contribution in [0.4, 0.5) is 0 Å². The van der Waals surface area contributed by atoms with Crippen LogP contribution in [0.15, 0.2) is 72.8 Å². The maximum atomic E-state index is 13.4. The van der Waals surface area contributed by atoms with E-state index in [0.29, 0.717) is 0 Å². The van der Waals surface area contributed by atoms with Crippen molar-refractivity contribution in [2.75, 3.05) is 0 Å². The molecule has 5 aromatic rings. The normalized spacial score (nSPS) is 19.3. The second-order valence-electron chi connectivity index (χ2n) is 16.5. The minimum Gasteiger partial charge on any atom is -0.355 e. The van der Waals surface area contributed by atoms with E-state index in [2.05, 4.69) is 82.8 Å². The molecule has 2 radical (unpaired) electrons. The average molecular weight is 687 g/mol. The van der Waals surface area contributed by atoms with Gasteiger partial charge in [-0.05, 0) is 162 Å². The maximum Gasteiger partial charge on any atom is 0.0737 e. The number of nitrogens with zero attached hydrogens (tertiary/aromatic N) is 4. The molecule has 8 nitrogen and oxygen atoms in total. The minimum atomic E-state index is -0.681. The number of aromatic amines is 2. The first kappa shape index (κ1) is 32.8. The first-order chi connectivity index (χ1) is 24.6. The number of aromatic nitrogens is 4. The summed E-state index contributed by atoms with van der Waals surface area (Å²) in [5.74, 6) is 0. The topological polar surface area (TPSA) is 104 Å². The Kier molecular flexibility index (Phi) is 6.75. The summed E-state index contributed by atoms with van der Waals surface area (Å²) in [6, 6.07) is 25.2. The Morgan fingerprint density at radius 1 is 0.462 bits per heavy atom. The SMILES string of the molecule is CC1(C)c2ccc(-c3c4nc(cc5ccc([nH]5)c(-c5ccc6c(c5)C(C)(C)N([O])C6(C)C)c5ccc(cc6nc3C=C6)[nH]5)C=C4)cc2C(C)(C)N1[O]. The molecule has 52 heavy (non-hydrogen) atoms. The van der Waals surface area contributed by atoms with E-state index in [1.165, 1.54) is 10.1 Å². The molecule has 0 atom stereocenters. The maximum absolute atomic E-state index is 13.4. The van der Waals surface area contributed by atoms with Crippen molar-refractivity contribution in [3.63, 3.8) is 0 Å². The zero-order valence-electron chi connectivity index (χ0n) is 30.8. The van der Waals surface area contributed by atoms with E-state index in [-0.39, 0.29) is 0 Å². The first-order valence-corrected chi connectivity index (χ1v) is 17.9. The van der Waals surface area contributed by atoms with E-state index in [9.17, 15) is 10.4 Å². The molecule has 0 saturated carbocycles. The highest BCUT2D eigenvalue weighted by Crippen LogP contribution is 2.51. The smallest absolute Gasteiger partial charge is 0.0737 e. The molecule has 0 spiro atoms. The van der Waals surface area contributed by atoms with Gasteiger partial charge < -0.3 is 9.97 Å². The van der Waals surface area contributed by atoms with E-state index in [1.54, 1.807) is 0 Å². The number of fused-ring (bicyclic) bond motifs is 10. The molecular formula is C44H42N6O2. The zero-order chi connectivity index (χ0) is 36.5. The van der Waals surface area contributed by atoms with E-state index in [0.717, 1.165) is 89.4 Å². The van der Waals surface area contributed by atoms with Gasteiger partial charge in [0, 0.05) is 33.2 Å². The van der Waals surface area contributed by atoms with Crippen molar-refractivity contribution in [1.29, 1.82) is 0 Å². The third-order valence-corrected chi connectivity index (χ3v) is 11.7. The van der Waals surface area contributed by atoms with Gasteiger partial charge in [0.2, 0.25) is 0 Å². The summed E-state index contributed by atoms with van der Waals surface area (Å²) in [7, 11) is 0. The molecule has 7 heterocycles. The number of rotatable bonds is 2. The van der Waals surface area contributed by atoms with Crippen molar-refractivity contribution in [3.05, 3.63) is 118 Å². The van der Waals surface area contributed by atoms with Crippen LogP contribution >= 0.6 is 0 Å². The van der Waals surface area contributed by atoms with Crippen LogP contribution in [0.3, 0.4) is 0 Å². The van der Waals surface area contributed by atoms with Gasteiger partial charge >= 0.3 is 0 Å². The van der Waals surface area contributed by atoms with Gasteiger partial charge in [0.05, 0.1) is 44.9 Å². The Bertz CT molecular complexity index is 2490. The number of nitrogens with one attached hydrogen (secondary N) is 2.